The Balaban J connectivity index is 1.39. The van der Waals surface area contributed by atoms with E-state index in [2.05, 4.69) is 58.0 Å². The number of aryl methyl sites for hydroxylation is 1. The summed E-state index contributed by atoms with van der Waals surface area (Å²) in [5.74, 6) is 0.897. The zero-order valence-electron chi connectivity index (χ0n) is 15.3. The molecule has 0 spiro atoms. The summed E-state index contributed by atoms with van der Waals surface area (Å²) in [5.41, 5.74) is 1.51. The van der Waals surface area contributed by atoms with Crippen molar-refractivity contribution in [3.05, 3.63) is 43.8 Å². The summed E-state index contributed by atoms with van der Waals surface area (Å²) in [6.45, 7) is 8.59. The molecule has 0 saturated carbocycles. The standard InChI is InChI=1S/C19H28N4S2/c1-14(12-17-5-4-15(2)25-17)22-19(20-3)21-8-10-23-9-6-18-16(13-23)7-11-24-18/h4-5,7,11,14H,6,8-10,12-13H2,1-3H3,(H2,20,21,22). The summed E-state index contributed by atoms with van der Waals surface area (Å²) >= 11 is 3.77. The predicted octanol–water partition coefficient (Wildman–Crippen LogP) is 3.27. The molecule has 2 N–H and O–H groups in total. The summed E-state index contributed by atoms with van der Waals surface area (Å²) in [5, 5.41) is 9.18. The van der Waals surface area contributed by atoms with E-state index in [4.69, 9.17) is 0 Å². The van der Waals surface area contributed by atoms with E-state index in [1.165, 1.54) is 21.7 Å². The number of nitrogens with one attached hydrogen (secondary N) is 2. The first kappa shape index (κ1) is 18.4. The van der Waals surface area contributed by atoms with Crippen LogP contribution in [0, 0.1) is 6.92 Å². The molecular formula is C19H28N4S2. The molecule has 1 aliphatic heterocycles. The third kappa shape index (κ3) is 5.30. The largest absolute Gasteiger partial charge is 0.355 e. The molecule has 0 amide bonds. The Labute approximate surface area is 159 Å². The zero-order chi connectivity index (χ0) is 17.6. The van der Waals surface area contributed by atoms with Gasteiger partial charge in [0.05, 0.1) is 0 Å². The van der Waals surface area contributed by atoms with E-state index in [0.29, 0.717) is 6.04 Å². The molecule has 1 atom stereocenters. The normalized spacial score (nSPS) is 16.5. The van der Waals surface area contributed by atoms with Crippen molar-refractivity contribution in [1.82, 2.24) is 15.5 Å². The van der Waals surface area contributed by atoms with Gasteiger partial charge in [-0.25, -0.2) is 0 Å². The van der Waals surface area contributed by atoms with Gasteiger partial charge in [0, 0.05) is 60.3 Å². The highest BCUT2D eigenvalue weighted by atomic mass is 32.1. The van der Waals surface area contributed by atoms with Crippen LogP contribution < -0.4 is 10.6 Å². The van der Waals surface area contributed by atoms with Crippen molar-refractivity contribution in [2.45, 2.75) is 39.3 Å². The Bertz CT molecular complexity index is 704. The van der Waals surface area contributed by atoms with Gasteiger partial charge in [-0.15, -0.1) is 22.7 Å². The third-order valence-electron chi connectivity index (χ3n) is 4.52. The third-order valence-corrected chi connectivity index (χ3v) is 6.56. The molecule has 0 fully saturated rings. The highest BCUT2D eigenvalue weighted by molar-refractivity contribution is 7.11. The van der Waals surface area contributed by atoms with Crippen LogP contribution in [0.25, 0.3) is 0 Å². The second-order valence-electron chi connectivity index (χ2n) is 6.66. The summed E-state index contributed by atoms with van der Waals surface area (Å²) in [6.07, 6.45) is 2.23. The summed E-state index contributed by atoms with van der Waals surface area (Å²) in [4.78, 5) is 11.3. The molecule has 2 aromatic heterocycles. The molecule has 1 unspecified atom stereocenters. The average molecular weight is 377 g/mol. The molecule has 25 heavy (non-hydrogen) atoms. The van der Waals surface area contributed by atoms with Crippen molar-refractivity contribution in [3.63, 3.8) is 0 Å². The molecule has 3 rings (SSSR count). The van der Waals surface area contributed by atoms with Crippen molar-refractivity contribution in [1.29, 1.82) is 0 Å². The van der Waals surface area contributed by atoms with E-state index in [0.717, 1.165) is 38.6 Å². The number of aliphatic imine (C=N–C) groups is 1. The smallest absolute Gasteiger partial charge is 0.191 e. The minimum atomic E-state index is 0.368. The molecular weight excluding hydrogens is 348 g/mol. The van der Waals surface area contributed by atoms with E-state index in [9.17, 15) is 0 Å². The van der Waals surface area contributed by atoms with E-state index in [1.54, 1.807) is 4.88 Å². The van der Waals surface area contributed by atoms with Crippen molar-refractivity contribution in [2.75, 3.05) is 26.7 Å². The predicted molar refractivity (Wildman–Crippen MR) is 110 cm³/mol. The number of hydrogen-bond donors (Lipinski definition) is 2. The number of guanidine groups is 1. The summed E-state index contributed by atoms with van der Waals surface area (Å²) in [6, 6.07) is 7.06. The van der Waals surface area contributed by atoms with Gasteiger partial charge in [0.2, 0.25) is 0 Å². The maximum Gasteiger partial charge on any atom is 0.191 e. The Kier molecular flexibility index (Phi) is 6.51. The lowest BCUT2D eigenvalue weighted by atomic mass is 10.1. The van der Waals surface area contributed by atoms with Crippen LogP contribution in [-0.4, -0.2) is 43.6 Å². The molecule has 0 aromatic carbocycles. The van der Waals surface area contributed by atoms with Gasteiger partial charge in [-0.1, -0.05) is 0 Å². The molecule has 0 radical (unpaired) electrons. The van der Waals surface area contributed by atoms with Crippen molar-refractivity contribution >= 4 is 28.6 Å². The maximum atomic E-state index is 4.37. The molecule has 1 aliphatic rings. The van der Waals surface area contributed by atoms with Crippen molar-refractivity contribution in [2.24, 2.45) is 4.99 Å². The van der Waals surface area contributed by atoms with Crippen LogP contribution in [0.1, 0.15) is 27.1 Å². The lowest BCUT2D eigenvalue weighted by molar-refractivity contribution is 0.260. The van der Waals surface area contributed by atoms with Crippen LogP contribution in [0.2, 0.25) is 0 Å². The van der Waals surface area contributed by atoms with E-state index in [-0.39, 0.29) is 0 Å². The van der Waals surface area contributed by atoms with Crippen LogP contribution in [-0.2, 0) is 19.4 Å². The van der Waals surface area contributed by atoms with Crippen LogP contribution in [0.3, 0.4) is 0 Å². The number of nitrogens with zero attached hydrogens (tertiary/aromatic N) is 2. The Morgan fingerprint density at radius 2 is 2.24 bits per heavy atom. The van der Waals surface area contributed by atoms with Crippen molar-refractivity contribution in [3.8, 4) is 0 Å². The van der Waals surface area contributed by atoms with Crippen LogP contribution in [0.5, 0.6) is 0 Å². The van der Waals surface area contributed by atoms with Crippen LogP contribution >= 0.6 is 22.7 Å². The van der Waals surface area contributed by atoms with Gasteiger partial charge in [0.1, 0.15) is 0 Å². The Morgan fingerprint density at radius 3 is 3.00 bits per heavy atom. The fraction of sp³-hybridized carbons (Fsp3) is 0.526. The summed E-state index contributed by atoms with van der Waals surface area (Å²) in [7, 11) is 1.84. The first-order chi connectivity index (χ1) is 12.1. The van der Waals surface area contributed by atoms with Crippen LogP contribution in [0.15, 0.2) is 28.6 Å². The number of thiophene rings is 2. The molecule has 6 heteroatoms. The monoisotopic (exact) mass is 376 g/mol. The lowest BCUT2D eigenvalue weighted by Gasteiger charge is -2.27. The average Bonchev–Trinajstić information content (AvgIpc) is 3.22. The number of fused-ring (bicyclic) bond motifs is 1. The van der Waals surface area contributed by atoms with Gasteiger partial charge in [0.25, 0.3) is 0 Å². The lowest BCUT2D eigenvalue weighted by Crippen LogP contribution is -2.45. The van der Waals surface area contributed by atoms with Gasteiger partial charge in [0.15, 0.2) is 5.96 Å². The maximum absolute atomic E-state index is 4.37. The van der Waals surface area contributed by atoms with Gasteiger partial charge in [-0.2, -0.15) is 0 Å². The quantitative estimate of drug-likeness (QED) is 0.600. The second kappa shape index (κ2) is 8.83. The Hall–Kier alpha value is -1.37. The minimum Gasteiger partial charge on any atom is -0.355 e. The highest BCUT2D eigenvalue weighted by Gasteiger charge is 2.16. The molecule has 136 valence electrons. The SMILES string of the molecule is CN=C(NCCN1CCc2sccc2C1)NC(C)Cc1ccc(C)s1. The fourth-order valence-electron chi connectivity index (χ4n) is 3.21. The van der Waals surface area contributed by atoms with Crippen LogP contribution in [0.4, 0.5) is 0 Å². The second-order valence-corrected chi connectivity index (χ2v) is 9.03. The molecule has 4 nitrogen and oxygen atoms in total. The first-order valence-corrected chi connectivity index (χ1v) is 10.6. The van der Waals surface area contributed by atoms with Gasteiger partial charge in [-0.05, 0) is 49.4 Å². The Morgan fingerprint density at radius 1 is 1.36 bits per heavy atom. The summed E-state index contributed by atoms with van der Waals surface area (Å²) < 4.78 is 0. The van der Waals surface area contributed by atoms with Gasteiger partial charge in [-0.3, -0.25) is 9.89 Å². The molecule has 3 heterocycles. The van der Waals surface area contributed by atoms with E-state index >= 15 is 0 Å². The zero-order valence-corrected chi connectivity index (χ0v) is 17.0. The molecule has 2 aromatic rings. The highest BCUT2D eigenvalue weighted by Crippen LogP contribution is 2.23. The van der Waals surface area contributed by atoms with Gasteiger partial charge < -0.3 is 10.6 Å². The van der Waals surface area contributed by atoms with E-state index in [1.807, 2.05) is 29.7 Å². The minimum absolute atomic E-state index is 0.368. The number of rotatable bonds is 6. The van der Waals surface area contributed by atoms with Gasteiger partial charge >= 0.3 is 0 Å². The number of hydrogen-bond acceptors (Lipinski definition) is 4. The molecule has 0 saturated heterocycles. The fourth-order valence-corrected chi connectivity index (χ4v) is 5.11. The first-order valence-electron chi connectivity index (χ1n) is 8.94. The van der Waals surface area contributed by atoms with Crippen molar-refractivity contribution < 1.29 is 0 Å². The van der Waals surface area contributed by atoms with E-state index < -0.39 is 0 Å². The molecule has 0 bridgehead atoms. The molecule has 0 aliphatic carbocycles. The topological polar surface area (TPSA) is 39.7 Å².